The summed E-state index contributed by atoms with van der Waals surface area (Å²) in [5.41, 5.74) is 0. The molecule has 0 saturated carbocycles. The fourth-order valence-corrected chi connectivity index (χ4v) is 17.4. The average Bonchev–Trinajstić information content (AvgIpc) is 3.34. The molecule has 0 aromatic heterocycles. The molecular weight excluding hydrogens is 824 g/mol. The standard InChI is InChI=1S/C66H137P/c1-5-9-13-17-21-25-29-33-36-40-44-48-52-56-60-64-67(63-59-55-51-47-43-39-32-28-24-20-16-12-8-4,65-61-57-53-49-45-41-37-34-30-26-22-18-14-10-6-2)66-62-58-54-50-46-42-38-35-31-27-23-19-15-11-7-3/h67H,5-66H2,1-4H3. The molecule has 0 heterocycles. The van der Waals surface area contributed by atoms with Gasteiger partial charge in [-0.25, -0.2) is 0 Å². The summed E-state index contributed by atoms with van der Waals surface area (Å²) in [7, 11) is -1.21. The molecule has 0 aliphatic rings. The summed E-state index contributed by atoms with van der Waals surface area (Å²) in [4.78, 5) is 0. The summed E-state index contributed by atoms with van der Waals surface area (Å²) in [5.74, 6) is 0. The molecule has 0 bridgehead atoms. The summed E-state index contributed by atoms with van der Waals surface area (Å²) >= 11 is 0. The molecule has 0 N–H and O–H groups in total. The minimum absolute atomic E-state index is 1.21. The summed E-state index contributed by atoms with van der Waals surface area (Å²) in [6.07, 6.45) is 93.6. The van der Waals surface area contributed by atoms with Crippen LogP contribution in [-0.2, 0) is 0 Å². The van der Waals surface area contributed by atoms with Gasteiger partial charge in [0.05, 0.1) is 0 Å². The first kappa shape index (κ1) is 67.4. The van der Waals surface area contributed by atoms with Crippen molar-refractivity contribution in [3.63, 3.8) is 0 Å². The van der Waals surface area contributed by atoms with Crippen molar-refractivity contribution in [2.45, 2.75) is 400 Å². The number of unbranched alkanes of at least 4 members (excludes halogenated alkanes) is 54. The quantitative estimate of drug-likeness (QED) is 0.0421. The van der Waals surface area contributed by atoms with E-state index in [0.717, 1.165) is 0 Å². The molecule has 0 aromatic rings. The molecular formula is C66H137P. The Bertz CT molecular complexity index is 750. The van der Waals surface area contributed by atoms with Gasteiger partial charge >= 0.3 is 314 Å². The number of hydrogen-bond donors (Lipinski definition) is 0. The van der Waals surface area contributed by atoms with E-state index in [1.807, 2.05) is 0 Å². The molecule has 1 heteroatoms. The molecule has 67 heavy (non-hydrogen) atoms. The van der Waals surface area contributed by atoms with Gasteiger partial charge in [0.2, 0.25) is 0 Å². The molecule has 0 spiro atoms. The van der Waals surface area contributed by atoms with Crippen molar-refractivity contribution in [2.75, 3.05) is 24.6 Å². The van der Waals surface area contributed by atoms with Crippen molar-refractivity contribution in [3.05, 3.63) is 0 Å². The fraction of sp³-hybridized carbons (Fsp3) is 1.00. The van der Waals surface area contributed by atoms with Crippen LogP contribution in [0.1, 0.15) is 400 Å². The zero-order valence-corrected chi connectivity index (χ0v) is 49.3. The zero-order valence-electron chi connectivity index (χ0n) is 48.3. The molecule has 0 aromatic carbocycles. The molecule has 0 radical (unpaired) electrons. The average molecular weight is 962 g/mol. The van der Waals surface area contributed by atoms with Crippen molar-refractivity contribution < 1.29 is 0 Å². The molecule has 0 fully saturated rings. The summed E-state index contributed by atoms with van der Waals surface area (Å²) in [5, 5.41) is 0. The Labute approximate surface area is 430 Å². The molecule has 0 amide bonds. The first-order valence-electron chi connectivity index (χ1n) is 33.2. The van der Waals surface area contributed by atoms with Crippen LogP contribution in [0.25, 0.3) is 0 Å². The van der Waals surface area contributed by atoms with E-state index in [1.165, 1.54) is 321 Å². The van der Waals surface area contributed by atoms with E-state index in [0.29, 0.717) is 0 Å². The van der Waals surface area contributed by atoms with Crippen molar-refractivity contribution in [3.8, 4) is 0 Å². The Kier molecular flexibility index (Phi) is 61.1. The first-order chi connectivity index (χ1) is 33.2. The Morgan fingerprint density at radius 1 is 0.119 bits per heavy atom. The maximum absolute atomic E-state index is 2.34. The second kappa shape index (κ2) is 60.7. The Balaban J connectivity index is 4.93. The van der Waals surface area contributed by atoms with Gasteiger partial charge in [-0.2, -0.15) is 0 Å². The van der Waals surface area contributed by atoms with E-state index in [2.05, 4.69) is 27.7 Å². The van der Waals surface area contributed by atoms with Crippen LogP contribution in [0, 0.1) is 0 Å². The third-order valence-corrected chi connectivity index (χ3v) is 22.4. The van der Waals surface area contributed by atoms with Crippen LogP contribution >= 0.6 is 7.26 Å². The Hall–Kier alpha value is 0.430. The molecule has 0 unspecified atom stereocenters. The molecule has 406 valence electrons. The first-order valence-corrected chi connectivity index (χ1v) is 36.1. The molecule has 0 aliphatic carbocycles. The zero-order chi connectivity index (χ0) is 48.3. The van der Waals surface area contributed by atoms with Crippen LogP contribution in [0.4, 0.5) is 0 Å². The van der Waals surface area contributed by atoms with Crippen molar-refractivity contribution in [1.82, 2.24) is 0 Å². The van der Waals surface area contributed by atoms with Crippen LogP contribution in [0.2, 0.25) is 0 Å². The SMILES string of the molecule is CCCCCCCCCCCCCCCCC[PH](CCCCCCCCCCCCCCC)(CCCCCCCCCCCCCCCCC)CCCCCCCCCCCCCCCCC. The van der Waals surface area contributed by atoms with E-state index in [1.54, 1.807) is 76.0 Å². The fourth-order valence-electron chi connectivity index (χ4n) is 11.9. The smallest absolute Gasteiger partial charge is 0.0654 e. The van der Waals surface area contributed by atoms with Crippen LogP contribution in [-0.4, -0.2) is 24.6 Å². The van der Waals surface area contributed by atoms with E-state index in [9.17, 15) is 0 Å². The van der Waals surface area contributed by atoms with Crippen molar-refractivity contribution in [2.24, 2.45) is 0 Å². The summed E-state index contributed by atoms with van der Waals surface area (Å²) in [6, 6.07) is 0. The Morgan fingerprint density at radius 2 is 0.209 bits per heavy atom. The summed E-state index contributed by atoms with van der Waals surface area (Å²) < 4.78 is 0. The third-order valence-electron chi connectivity index (χ3n) is 16.7. The second-order valence-corrected chi connectivity index (χ2v) is 28.6. The van der Waals surface area contributed by atoms with Gasteiger partial charge in [-0.15, -0.1) is 0 Å². The predicted octanol–water partition coefficient (Wildman–Crippen LogP) is 25.4. The van der Waals surface area contributed by atoms with Gasteiger partial charge in [0.25, 0.3) is 0 Å². The summed E-state index contributed by atoms with van der Waals surface area (Å²) in [6.45, 7) is 9.34. The molecule has 0 nitrogen and oxygen atoms in total. The number of hydrogen-bond acceptors (Lipinski definition) is 0. The number of rotatable bonds is 62. The van der Waals surface area contributed by atoms with E-state index < -0.39 is 7.26 Å². The van der Waals surface area contributed by atoms with Gasteiger partial charge in [0.1, 0.15) is 0 Å². The van der Waals surface area contributed by atoms with Crippen LogP contribution in [0.15, 0.2) is 0 Å². The molecule has 0 aliphatic heterocycles. The minimum Gasteiger partial charge on any atom is -0.0654 e. The minimum atomic E-state index is -1.21. The Morgan fingerprint density at radius 3 is 0.313 bits per heavy atom. The third kappa shape index (κ3) is 55.6. The van der Waals surface area contributed by atoms with Gasteiger partial charge < -0.3 is 0 Å². The van der Waals surface area contributed by atoms with E-state index >= 15 is 0 Å². The normalized spacial score (nSPS) is 12.2. The predicted molar refractivity (Wildman–Crippen MR) is 318 cm³/mol. The monoisotopic (exact) mass is 961 g/mol. The van der Waals surface area contributed by atoms with Crippen LogP contribution < -0.4 is 0 Å². The van der Waals surface area contributed by atoms with Crippen molar-refractivity contribution >= 4 is 7.26 Å². The van der Waals surface area contributed by atoms with Gasteiger partial charge in [0, 0.05) is 0 Å². The molecule has 0 atom stereocenters. The van der Waals surface area contributed by atoms with Gasteiger partial charge in [-0.1, -0.05) is 118 Å². The van der Waals surface area contributed by atoms with Crippen LogP contribution in [0.3, 0.4) is 0 Å². The van der Waals surface area contributed by atoms with Crippen molar-refractivity contribution in [1.29, 1.82) is 0 Å². The van der Waals surface area contributed by atoms with Gasteiger partial charge in [-0.3, -0.25) is 0 Å². The molecule has 0 rings (SSSR count). The molecule has 0 saturated heterocycles. The van der Waals surface area contributed by atoms with E-state index in [4.69, 9.17) is 0 Å². The van der Waals surface area contributed by atoms with Gasteiger partial charge in [0.15, 0.2) is 0 Å². The second-order valence-electron chi connectivity index (χ2n) is 23.6. The maximum atomic E-state index is 2.34. The van der Waals surface area contributed by atoms with E-state index in [-0.39, 0.29) is 0 Å². The van der Waals surface area contributed by atoms with Crippen LogP contribution in [0.5, 0.6) is 0 Å². The topological polar surface area (TPSA) is 0 Å². The van der Waals surface area contributed by atoms with Gasteiger partial charge in [-0.05, 0) is 0 Å².